The van der Waals surface area contributed by atoms with E-state index in [2.05, 4.69) is 4.98 Å². The zero-order chi connectivity index (χ0) is 14.1. The number of nitrogens with two attached hydrogens (primary N) is 1. The van der Waals surface area contributed by atoms with Crippen LogP contribution < -0.4 is 5.73 Å². The van der Waals surface area contributed by atoms with Gasteiger partial charge < -0.3 is 15.8 Å². The summed E-state index contributed by atoms with van der Waals surface area (Å²) < 4.78 is 0. The molecule has 2 aromatic rings. The number of benzene rings is 1. The van der Waals surface area contributed by atoms with Crippen molar-refractivity contribution in [1.29, 1.82) is 0 Å². The maximum atomic E-state index is 12.1. The highest BCUT2D eigenvalue weighted by atomic mass is 16.7. The van der Waals surface area contributed by atoms with Crippen LogP contribution in [-0.2, 0) is 16.1 Å². The van der Waals surface area contributed by atoms with Crippen molar-refractivity contribution in [3.8, 4) is 0 Å². The third-order valence-corrected chi connectivity index (χ3v) is 3.48. The Bertz CT molecular complexity index is 625. The fourth-order valence-corrected chi connectivity index (χ4v) is 2.44. The van der Waals surface area contributed by atoms with Gasteiger partial charge in [0.2, 0.25) is 0 Å². The van der Waals surface area contributed by atoms with E-state index in [4.69, 9.17) is 10.6 Å². The number of hydrogen-bond acceptors (Lipinski definition) is 4. The largest absolute Gasteiger partial charge is 0.389 e. The number of rotatable bonds is 3. The standard InChI is InChI=1S/C14H17N3O3.CH4/c15-12(14(19)17-7-10(18)8-20-17)5-9-6-16-13-4-2-1-3-11(9)13;/h1-4,6,10,12,16,18H,5,7-8,15H2;1H4/t10?,12-;/m0./s1. The number of aliphatic hydroxyl groups excluding tert-OH is 1. The van der Waals surface area contributed by atoms with Crippen LogP contribution >= 0.6 is 0 Å². The molecule has 4 N–H and O–H groups in total. The van der Waals surface area contributed by atoms with Crippen molar-refractivity contribution >= 4 is 16.8 Å². The summed E-state index contributed by atoms with van der Waals surface area (Å²) in [4.78, 5) is 20.4. The van der Waals surface area contributed by atoms with Crippen molar-refractivity contribution in [3.63, 3.8) is 0 Å². The van der Waals surface area contributed by atoms with Crippen LogP contribution in [0.25, 0.3) is 10.9 Å². The molecule has 1 aromatic carbocycles. The number of hydroxylamine groups is 2. The molecule has 6 heteroatoms. The fraction of sp³-hybridized carbons (Fsp3) is 0.400. The molecule has 3 rings (SSSR count). The zero-order valence-electron chi connectivity index (χ0n) is 11.0. The second kappa shape index (κ2) is 6.26. The number of carbonyl (C=O) groups is 1. The summed E-state index contributed by atoms with van der Waals surface area (Å²) in [6.45, 7) is 0.325. The van der Waals surface area contributed by atoms with Gasteiger partial charge in [-0.05, 0) is 18.1 Å². The van der Waals surface area contributed by atoms with Gasteiger partial charge >= 0.3 is 0 Å². The molecule has 2 atom stereocenters. The summed E-state index contributed by atoms with van der Waals surface area (Å²) in [7, 11) is 0. The molecule has 1 aromatic heterocycles. The van der Waals surface area contributed by atoms with E-state index in [0.29, 0.717) is 6.42 Å². The van der Waals surface area contributed by atoms with Gasteiger partial charge in [0.15, 0.2) is 0 Å². The minimum Gasteiger partial charge on any atom is -0.389 e. The summed E-state index contributed by atoms with van der Waals surface area (Å²) in [5.41, 5.74) is 7.98. The van der Waals surface area contributed by atoms with E-state index in [1.54, 1.807) is 0 Å². The normalized spacial score (nSPS) is 19.5. The van der Waals surface area contributed by atoms with Gasteiger partial charge in [0.1, 0.15) is 6.61 Å². The molecule has 1 amide bonds. The molecule has 1 saturated heterocycles. The number of fused-ring (bicyclic) bond motifs is 1. The summed E-state index contributed by atoms with van der Waals surface area (Å²) in [6, 6.07) is 7.19. The number of amides is 1. The Morgan fingerprint density at radius 3 is 3.00 bits per heavy atom. The summed E-state index contributed by atoms with van der Waals surface area (Å²) in [5, 5.41) is 11.6. The molecule has 0 aliphatic carbocycles. The van der Waals surface area contributed by atoms with Gasteiger partial charge in [0.05, 0.1) is 18.7 Å². The van der Waals surface area contributed by atoms with E-state index in [1.165, 1.54) is 0 Å². The predicted octanol–water partition coefficient (Wildman–Crippen LogP) is 0.808. The Kier molecular flexibility index (Phi) is 4.62. The van der Waals surface area contributed by atoms with Crippen LogP contribution in [0, 0.1) is 0 Å². The molecule has 1 fully saturated rings. The highest BCUT2D eigenvalue weighted by molar-refractivity contribution is 5.85. The predicted molar refractivity (Wildman–Crippen MR) is 80.4 cm³/mol. The third kappa shape index (κ3) is 3.07. The fourth-order valence-electron chi connectivity index (χ4n) is 2.44. The molecule has 0 bridgehead atoms. The first-order valence-corrected chi connectivity index (χ1v) is 6.58. The topological polar surface area (TPSA) is 91.6 Å². The number of aliphatic hydroxyl groups is 1. The molecule has 6 nitrogen and oxygen atoms in total. The summed E-state index contributed by atoms with van der Waals surface area (Å²) in [6.07, 6.45) is 1.68. The average molecular weight is 291 g/mol. The molecule has 2 heterocycles. The van der Waals surface area contributed by atoms with E-state index < -0.39 is 12.1 Å². The lowest BCUT2D eigenvalue weighted by molar-refractivity contribution is -0.170. The highest BCUT2D eigenvalue weighted by Crippen LogP contribution is 2.19. The van der Waals surface area contributed by atoms with Crippen molar-refractivity contribution < 1.29 is 14.7 Å². The van der Waals surface area contributed by atoms with Gasteiger partial charge in [-0.15, -0.1) is 0 Å². The van der Waals surface area contributed by atoms with Gasteiger partial charge in [0.25, 0.3) is 5.91 Å². The van der Waals surface area contributed by atoms with E-state index in [1.807, 2.05) is 30.5 Å². The number of hydrogen-bond donors (Lipinski definition) is 3. The Labute approximate surface area is 123 Å². The number of nitrogens with zero attached hydrogens (tertiary/aromatic N) is 1. The lowest BCUT2D eigenvalue weighted by Gasteiger charge is -2.18. The Morgan fingerprint density at radius 1 is 1.52 bits per heavy atom. The Hall–Kier alpha value is -1.89. The lowest BCUT2D eigenvalue weighted by Crippen LogP contribution is -2.43. The highest BCUT2D eigenvalue weighted by Gasteiger charge is 2.30. The summed E-state index contributed by atoms with van der Waals surface area (Å²) in [5.74, 6) is -0.299. The maximum Gasteiger partial charge on any atom is 0.263 e. The monoisotopic (exact) mass is 291 g/mol. The zero-order valence-corrected chi connectivity index (χ0v) is 11.0. The number of aromatic amines is 1. The van der Waals surface area contributed by atoms with Gasteiger partial charge in [-0.1, -0.05) is 25.6 Å². The van der Waals surface area contributed by atoms with E-state index in [0.717, 1.165) is 21.5 Å². The number of β-amino-alcohol motifs (C(OH)–C–C–N with tert-alkyl or cyclic N) is 1. The van der Waals surface area contributed by atoms with Crippen LogP contribution in [0.3, 0.4) is 0 Å². The molecular weight excluding hydrogens is 270 g/mol. The minimum atomic E-state index is -0.681. The van der Waals surface area contributed by atoms with Crippen LogP contribution in [0.15, 0.2) is 30.5 Å². The number of para-hydroxylation sites is 1. The SMILES string of the molecule is C.N[C@@H](Cc1c[nH]c2ccccc12)C(=O)N1CC(O)CO1. The van der Waals surface area contributed by atoms with Crippen LogP contribution in [0.1, 0.15) is 13.0 Å². The quantitative estimate of drug-likeness (QED) is 0.780. The number of nitrogens with one attached hydrogen (secondary N) is 1. The molecule has 0 saturated carbocycles. The van der Waals surface area contributed by atoms with Gasteiger partial charge in [-0.2, -0.15) is 0 Å². The second-order valence-electron chi connectivity index (χ2n) is 5.02. The second-order valence-corrected chi connectivity index (χ2v) is 5.02. The third-order valence-electron chi connectivity index (χ3n) is 3.48. The van der Waals surface area contributed by atoms with Crippen molar-refractivity contribution in [2.45, 2.75) is 26.0 Å². The van der Waals surface area contributed by atoms with E-state index in [-0.39, 0.29) is 26.5 Å². The van der Waals surface area contributed by atoms with Crippen molar-refractivity contribution in [1.82, 2.24) is 10.0 Å². The molecule has 1 unspecified atom stereocenters. The molecule has 114 valence electrons. The minimum absolute atomic E-state index is 0. The molecule has 1 aliphatic heterocycles. The number of aromatic nitrogens is 1. The average Bonchev–Trinajstić information content (AvgIpc) is 3.05. The van der Waals surface area contributed by atoms with Crippen LogP contribution in [-0.4, -0.2) is 46.4 Å². The first-order valence-electron chi connectivity index (χ1n) is 6.58. The van der Waals surface area contributed by atoms with E-state index >= 15 is 0 Å². The van der Waals surface area contributed by atoms with Crippen LogP contribution in [0.4, 0.5) is 0 Å². The van der Waals surface area contributed by atoms with Gasteiger partial charge in [-0.3, -0.25) is 9.63 Å². The summed E-state index contributed by atoms with van der Waals surface area (Å²) >= 11 is 0. The number of H-pyrrole nitrogens is 1. The van der Waals surface area contributed by atoms with Crippen molar-refractivity contribution in [2.75, 3.05) is 13.2 Å². The molecular formula is C15H21N3O3. The van der Waals surface area contributed by atoms with Crippen molar-refractivity contribution in [2.24, 2.45) is 5.73 Å². The lowest BCUT2D eigenvalue weighted by atomic mass is 10.1. The molecule has 21 heavy (non-hydrogen) atoms. The van der Waals surface area contributed by atoms with Crippen LogP contribution in [0.2, 0.25) is 0 Å². The first-order chi connectivity index (χ1) is 9.65. The van der Waals surface area contributed by atoms with Crippen LogP contribution in [0.5, 0.6) is 0 Å². The number of carbonyl (C=O) groups excluding carboxylic acids is 1. The van der Waals surface area contributed by atoms with Crippen molar-refractivity contribution in [3.05, 3.63) is 36.0 Å². The van der Waals surface area contributed by atoms with Gasteiger partial charge in [-0.25, -0.2) is 5.06 Å². The molecule has 0 radical (unpaired) electrons. The Balaban J connectivity index is 0.00000161. The van der Waals surface area contributed by atoms with E-state index in [9.17, 15) is 9.90 Å². The molecule has 0 spiro atoms. The maximum absolute atomic E-state index is 12.1. The Morgan fingerprint density at radius 2 is 2.29 bits per heavy atom. The molecule has 1 aliphatic rings. The smallest absolute Gasteiger partial charge is 0.263 e. The first kappa shape index (κ1) is 15.5. The van der Waals surface area contributed by atoms with Gasteiger partial charge in [0, 0.05) is 17.1 Å².